The van der Waals surface area contributed by atoms with Crippen molar-refractivity contribution in [3.05, 3.63) is 48.3 Å². The van der Waals surface area contributed by atoms with Crippen molar-refractivity contribution in [2.45, 2.75) is 19.4 Å². The van der Waals surface area contributed by atoms with Crippen LogP contribution in [0.4, 0.5) is 0 Å². The van der Waals surface area contributed by atoms with Crippen LogP contribution in [0.5, 0.6) is 5.75 Å². The molecule has 19 heavy (non-hydrogen) atoms. The third-order valence-electron chi connectivity index (χ3n) is 2.95. The van der Waals surface area contributed by atoms with Crippen LogP contribution in [0.2, 0.25) is 0 Å². The number of rotatable bonds is 5. The number of phenols is 1. The van der Waals surface area contributed by atoms with E-state index in [1.165, 1.54) is 0 Å². The minimum atomic E-state index is -0.310. The molecular weight excluding hydrogens is 242 g/mol. The fourth-order valence-corrected chi connectivity index (χ4v) is 1.77. The number of carbonyl (C=O) groups is 1. The SMILES string of the molecule is C[C@H](C(=O)NCCc1ccc(O)cc1)n1cccn1. The molecule has 1 heterocycles. The molecule has 0 aliphatic carbocycles. The van der Waals surface area contributed by atoms with Crippen LogP contribution in [0.1, 0.15) is 18.5 Å². The number of benzene rings is 1. The first-order valence-electron chi connectivity index (χ1n) is 6.21. The summed E-state index contributed by atoms with van der Waals surface area (Å²) >= 11 is 0. The molecule has 0 unspecified atom stereocenters. The normalized spacial score (nSPS) is 12.1. The second-order valence-corrected chi connectivity index (χ2v) is 4.37. The minimum absolute atomic E-state index is 0.0533. The summed E-state index contributed by atoms with van der Waals surface area (Å²) in [4.78, 5) is 11.9. The van der Waals surface area contributed by atoms with Crippen molar-refractivity contribution in [2.75, 3.05) is 6.54 Å². The Labute approximate surface area is 111 Å². The molecule has 1 aromatic carbocycles. The first-order chi connectivity index (χ1) is 9.16. The van der Waals surface area contributed by atoms with E-state index in [4.69, 9.17) is 5.11 Å². The summed E-state index contributed by atoms with van der Waals surface area (Å²) in [7, 11) is 0. The maximum atomic E-state index is 11.9. The lowest BCUT2D eigenvalue weighted by atomic mass is 10.1. The highest BCUT2D eigenvalue weighted by atomic mass is 16.3. The van der Waals surface area contributed by atoms with E-state index in [1.54, 1.807) is 35.3 Å². The Hall–Kier alpha value is -2.30. The summed E-state index contributed by atoms with van der Waals surface area (Å²) in [6.07, 6.45) is 4.16. The van der Waals surface area contributed by atoms with Gasteiger partial charge in [0.25, 0.3) is 0 Å². The van der Waals surface area contributed by atoms with Gasteiger partial charge in [-0.25, -0.2) is 0 Å². The van der Waals surface area contributed by atoms with Gasteiger partial charge in [0.1, 0.15) is 11.8 Å². The largest absolute Gasteiger partial charge is 0.508 e. The highest BCUT2D eigenvalue weighted by Crippen LogP contribution is 2.09. The molecule has 2 N–H and O–H groups in total. The molecule has 2 aromatic rings. The average Bonchev–Trinajstić information content (AvgIpc) is 2.94. The second-order valence-electron chi connectivity index (χ2n) is 4.37. The predicted molar refractivity (Wildman–Crippen MR) is 71.8 cm³/mol. The maximum Gasteiger partial charge on any atom is 0.244 e. The molecule has 0 aliphatic heterocycles. The summed E-state index contributed by atoms with van der Waals surface area (Å²) in [6, 6.07) is 8.46. The quantitative estimate of drug-likeness (QED) is 0.855. The van der Waals surface area contributed by atoms with Gasteiger partial charge in [0.15, 0.2) is 0 Å². The summed E-state index contributed by atoms with van der Waals surface area (Å²) in [5, 5.41) is 16.1. The molecule has 0 saturated carbocycles. The molecule has 0 bridgehead atoms. The third kappa shape index (κ3) is 3.58. The van der Waals surface area contributed by atoms with Crippen molar-refractivity contribution in [3.63, 3.8) is 0 Å². The van der Waals surface area contributed by atoms with Crippen molar-refractivity contribution in [2.24, 2.45) is 0 Å². The number of nitrogens with one attached hydrogen (secondary N) is 1. The number of phenolic OH excluding ortho intramolecular Hbond substituents is 1. The van der Waals surface area contributed by atoms with Crippen molar-refractivity contribution in [1.29, 1.82) is 0 Å². The van der Waals surface area contributed by atoms with E-state index >= 15 is 0 Å². The van der Waals surface area contributed by atoms with Crippen molar-refractivity contribution in [3.8, 4) is 5.75 Å². The number of carbonyl (C=O) groups excluding carboxylic acids is 1. The van der Waals surface area contributed by atoms with Crippen LogP contribution in [0, 0.1) is 0 Å². The lowest BCUT2D eigenvalue weighted by Crippen LogP contribution is -2.32. The fraction of sp³-hybridized carbons (Fsp3) is 0.286. The number of amides is 1. The monoisotopic (exact) mass is 259 g/mol. The fourth-order valence-electron chi connectivity index (χ4n) is 1.77. The van der Waals surface area contributed by atoms with Crippen LogP contribution in [0.25, 0.3) is 0 Å². The van der Waals surface area contributed by atoms with E-state index in [-0.39, 0.29) is 17.7 Å². The standard InChI is InChI=1S/C14H17N3O2/c1-11(17-10-2-8-16-17)14(19)15-9-7-12-3-5-13(18)6-4-12/h2-6,8,10-11,18H,7,9H2,1H3,(H,15,19)/t11-/m1/s1. The second kappa shape index (κ2) is 6.04. The lowest BCUT2D eigenvalue weighted by Gasteiger charge is -2.12. The maximum absolute atomic E-state index is 11.9. The molecule has 2 rings (SSSR count). The van der Waals surface area contributed by atoms with E-state index in [0.29, 0.717) is 6.54 Å². The average molecular weight is 259 g/mol. The topological polar surface area (TPSA) is 67.2 Å². The van der Waals surface area contributed by atoms with Gasteiger partial charge in [-0.05, 0) is 37.1 Å². The van der Waals surface area contributed by atoms with E-state index < -0.39 is 0 Å². The molecule has 1 aromatic heterocycles. The van der Waals surface area contributed by atoms with Crippen LogP contribution in [0.15, 0.2) is 42.7 Å². The first-order valence-corrected chi connectivity index (χ1v) is 6.21. The van der Waals surface area contributed by atoms with E-state index in [1.807, 2.05) is 19.1 Å². The molecule has 1 amide bonds. The zero-order chi connectivity index (χ0) is 13.7. The number of aromatic nitrogens is 2. The number of nitrogens with zero attached hydrogens (tertiary/aromatic N) is 2. The van der Waals surface area contributed by atoms with Crippen molar-refractivity contribution >= 4 is 5.91 Å². The molecule has 1 atom stereocenters. The van der Waals surface area contributed by atoms with Gasteiger partial charge < -0.3 is 10.4 Å². The van der Waals surface area contributed by atoms with Gasteiger partial charge in [0.05, 0.1) is 0 Å². The van der Waals surface area contributed by atoms with Gasteiger partial charge in [-0.1, -0.05) is 12.1 Å². The molecular formula is C14H17N3O2. The molecule has 5 heteroatoms. The Bertz CT molecular complexity index is 520. The van der Waals surface area contributed by atoms with Gasteiger partial charge in [0.2, 0.25) is 5.91 Å². The Kier molecular flexibility index (Phi) is 4.18. The lowest BCUT2D eigenvalue weighted by molar-refractivity contribution is -0.124. The van der Waals surface area contributed by atoms with Crippen LogP contribution < -0.4 is 5.32 Å². The van der Waals surface area contributed by atoms with Gasteiger partial charge in [-0.2, -0.15) is 5.10 Å². The summed E-state index contributed by atoms with van der Waals surface area (Å²) in [5.74, 6) is 0.197. The van der Waals surface area contributed by atoms with Crippen molar-refractivity contribution < 1.29 is 9.90 Å². The van der Waals surface area contributed by atoms with E-state index in [2.05, 4.69) is 10.4 Å². The Morgan fingerprint density at radius 3 is 2.79 bits per heavy atom. The molecule has 0 aliphatic rings. The number of hydrogen-bond acceptors (Lipinski definition) is 3. The molecule has 100 valence electrons. The van der Waals surface area contributed by atoms with E-state index in [0.717, 1.165) is 12.0 Å². The minimum Gasteiger partial charge on any atom is -0.508 e. The summed E-state index contributed by atoms with van der Waals surface area (Å²) in [6.45, 7) is 2.37. The van der Waals surface area contributed by atoms with Crippen LogP contribution in [-0.4, -0.2) is 27.3 Å². The van der Waals surface area contributed by atoms with Crippen LogP contribution >= 0.6 is 0 Å². The molecule has 0 spiro atoms. The van der Waals surface area contributed by atoms with Crippen LogP contribution in [0.3, 0.4) is 0 Å². The highest BCUT2D eigenvalue weighted by Gasteiger charge is 2.13. The van der Waals surface area contributed by atoms with Crippen molar-refractivity contribution in [1.82, 2.24) is 15.1 Å². The third-order valence-corrected chi connectivity index (χ3v) is 2.95. The van der Waals surface area contributed by atoms with E-state index in [9.17, 15) is 4.79 Å². The smallest absolute Gasteiger partial charge is 0.244 e. The summed E-state index contributed by atoms with van der Waals surface area (Å²) in [5.41, 5.74) is 1.07. The predicted octanol–water partition coefficient (Wildman–Crippen LogP) is 1.51. The molecule has 5 nitrogen and oxygen atoms in total. The summed E-state index contributed by atoms with van der Waals surface area (Å²) < 4.78 is 1.62. The van der Waals surface area contributed by atoms with Gasteiger partial charge in [-0.15, -0.1) is 0 Å². The van der Waals surface area contributed by atoms with Crippen LogP contribution in [-0.2, 0) is 11.2 Å². The number of hydrogen-bond donors (Lipinski definition) is 2. The first kappa shape index (κ1) is 13.1. The Balaban J connectivity index is 1.79. The Morgan fingerprint density at radius 1 is 1.42 bits per heavy atom. The van der Waals surface area contributed by atoms with Gasteiger partial charge >= 0.3 is 0 Å². The zero-order valence-corrected chi connectivity index (χ0v) is 10.8. The molecule has 0 fully saturated rings. The van der Waals surface area contributed by atoms with Gasteiger partial charge in [0, 0.05) is 18.9 Å². The highest BCUT2D eigenvalue weighted by molar-refractivity contribution is 5.79. The molecule has 0 saturated heterocycles. The zero-order valence-electron chi connectivity index (χ0n) is 10.8. The number of aromatic hydroxyl groups is 1. The Morgan fingerprint density at radius 2 is 2.16 bits per heavy atom. The van der Waals surface area contributed by atoms with Gasteiger partial charge in [-0.3, -0.25) is 9.48 Å². The molecule has 0 radical (unpaired) electrons.